The standard InChI is InChI=1S/C18H22ClNO4/c1-3-8-23-9-10-24-18(22)17-12(2)20-16(21)11-14(17)13-6-4-5-7-15(13)19/h4-7,14H,3,8-11H2,1-2H3,(H,20,21). The van der Waals surface area contributed by atoms with Gasteiger partial charge in [0.05, 0.1) is 12.2 Å². The Morgan fingerprint density at radius 1 is 1.29 bits per heavy atom. The number of halogens is 1. The zero-order valence-corrected chi connectivity index (χ0v) is 14.7. The van der Waals surface area contributed by atoms with Crippen LogP contribution in [0, 0.1) is 0 Å². The zero-order valence-electron chi connectivity index (χ0n) is 13.9. The van der Waals surface area contributed by atoms with Gasteiger partial charge in [0, 0.05) is 29.7 Å². The Kier molecular flexibility index (Phi) is 6.82. The summed E-state index contributed by atoms with van der Waals surface area (Å²) in [7, 11) is 0. The van der Waals surface area contributed by atoms with Crippen LogP contribution >= 0.6 is 11.6 Å². The number of rotatable bonds is 7. The molecule has 2 rings (SSSR count). The van der Waals surface area contributed by atoms with Gasteiger partial charge in [-0.05, 0) is 25.0 Å². The Morgan fingerprint density at radius 3 is 2.75 bits per heavy atom. The van der Waals surface area contributed by atoms with Gasteiger partial charge in [-0.15, -0.1) is 0 Å². The molecule has 1 atom stereocenters. The largest absolute Gasteiger partial charge is 0.460 e. The number of ether oxygens (including phenoxy) is 2. The first-order valence-corrected chi connectivity index (χ1v) is 8.42. The second-order valence-corrected chi connectivity index (χ2v) is 6.02. The Hall–Kier alpha value is -1.85. The van der Waals surface area contributed by atoms with Crippen molar-refractivity contribution in [2.45, 2.75) is 32.6 Å². The van der Waals surface area contributed by atoms with E-state index >= 15 is 0 Å². The molecule has 0 fully saturated rings. The minimum Gasteiger partial charge on any atom is -0.460 e. The number of nitrogens with one attached hydrogen (secondary N) is 1. The minimum absolute atomic E-state index is 0.139. The quantitative estimate of drug-likeness (QED) is 0.605. The van der Waals surface area contributed by atoms with Crippen molar-refractivity contribution >= 4 is 23.5 Å². The van der Waals surface area contributed by atoms with E-state index in [0.717, 1.165) is 12.0 Å². The van der Waals surface area contributed by atoms with Gasteiger partial charge in [0.1, 0.15) is 6.61 Å². The lowest BCUT2D eigenvalue weighted by molar-refractivity contribution is -0.141. The van der Waals surface area contributed by atoms with Gasteiger partial charge < -0.3 is 14.8 Å². The molecule has 0 spiro atoms. The monoisotopic (exact) mass is 351 g/mol. The molecule has 5 nitrogen and oxygen atoms in total. The first-order valence-electron chi connectivity index (χ1n) is 8.04. The molecular formula is C18H22ClNO4. The summed E-state index contributed by atoms with van der Waals surface area (Å²) in [5.74, 6) is -0.991. The van der Waals surface area contributed by atoms with Crippen LogP contribution < -0.4 is 5.32 Å². The zero-order chi connectivity index (χ0) is 17.5. The third-order valence-electron chi connectivity index (χ3n) is 3.78. The number of hydrogen-bond donors (Lipinski definition) is 1. The van der Waals surface area contributed by atoms with Crippen molar-refractivity contribution in [3.05, 3.63) is 46.1 Å². The van der Waals surface area contributed by atoms with Gasteiger partial charge in [-0.1, -0.05) is 36.7 Å². The Balaban J connectivity index is 2.17. The Labute approximate surface area is 147 Å². The normalized spacial score (nSPS) is 17.6. The fraction of sp³-hybridized carbons (Fsp3) is 0.444. The SMILES string of the molecule is CCCOCCOC(=O)C1=C(C)NC(=O)CC1c1ccccc1Cl. The molecule has 130 valence electrons. The Morgan fingerprint density at radius 2 is 2.04 bits per heavy atom. The van der Waals surface area contributed by atoms with E-state index in [1.807, 2.05) is 25.1 Å². The van der Waals surface area contributed by atoms with E-state index in [1.165, 1.54) is 0 Å². The van der Waals surface area contributed by atoms with Gasteiger partial charge in [-0.25, -0.2) is 4.79 Å². The molecular weight excluding hydrogens is 330 g/mol. The molecule has 24 heavy (non-hydrogen) atoms. The fourth-order valence-corrected chi connectivity index (χ4v) is 2.98. The number of hydrogen-bond acceptors (Lipinski definition) is 4. The predicted molar refractivity (Wildman–Crippen MR) is 91.7 cm³/mol. The molecule has 1 aliphatic rings. The Bertz CT molecular complexity index is 642. The van der Waals surface area contributed by atoms with Crippen LogP contribution in [0.4, 0.5) is 0 Å². The predicted octanol–water partition coefficient (Wildman–Crippen LogP) is 3.19. The van der Waals surface area contributed by atoms with Gasteiger partial charge in [0.25, 0.3) is 0 Å². The summed E-state index contributed by atoms with van der Waals surface area (Å²) in [5, 5.41) is 3.23. The summed E-state index contributed by atoms with van der Waals surface area (Å²) in [5.41, 5.74) is 1.70. The van der Waals surface area contributed by atoms with Crippen molar-refractivity contribution in [2.75, 3.05) is 19.8 Å². The number of benzene rings is 1. The van der Waals surface area contributed by atoms with E-state index in [4.69, 9.17) is 21.1 Å². The van der Waals surface area contributed by atoms with Gasteiger partial charge in [0.15, 0.2) is 0 Å². The highest BCUT2D eigenvalue weighted by Crippen LogP contribution is 2.36. The number of esters is 1. The van der Waals surface area contributed by atoms with Gasteiger partial charge in [0.2, 0.25) is 5.91 Å². The highest BCUT2D eigenvalue weighted by molar-refractivity contribution is 6.31. The summed E-state index contributed by atoms with van der Waals surface area (Å²) < 4.78 is 10.6. The molecule has 0 aliphatic carbocycles. The van der Waals surface area contributed by atoms with Crippen LogP contribution in [0.25, 0.3) is 0 Å². The molecule has 1 amide bonds. The van der Waals surface area contributed by atoms with Crippen molar-refractivity contribution in [1.82, 2.24) is 5.32 Å². The molecule has 1 unspecified atom stereocenters. The summed E-state index contributed by atoms with van der Waals surface area (Å²) in [6, 6.07) is 7.23. The van der Waals surface area contributed by atoms with Crippen LogP contribution in [0.3, 0.4) is 0 Å². The average molecular weight is 352 g/mol. The first kappa shape index (κ1) is 18.5. The van der Waals surface area contributed by atoms with E-state index in [2.05, 4.69) is 5.32 Å². The molecule has 0 aromatic heterocycles. The van der Waals surface area contributed by atoms with Crippen molar-refractivity contribution in [2.24, 2.45) is 0 Å². The van der Waals surface area contributed by atoms with Crippen molar-refractivity contribution in [1.29, 1.82) is 0 Å². The second-order valence-electron chi connectivity index (χ2n) is 5.61. The third kappa shape index (κ3) is 4.58. The minimum atomic E-state index is -0.447. The highest BCUT2D eigenvalue weighted by atomic mass is 35.5. The van der Waals surface area contributed by atoms with Crippen LogP contribution in [0.2, 0.25) is 5.02 Å². The molecule has 1 heterocycles. The topological polar surface area (TPSA) is 64.6 Å². The van der Waals surface area contributed by atoms with E-state index in [0.29, 0.717) is 29.5 Å². The summed E-state index contributed by atoms with van der Waals surface area (Å²) in [4.78, 5) is 24.4. The van der Waals surface area contributed by atoms with Crippen molar-refractivity contribution in [3.8, 4) is 0 Å². The molecule has 1 N–H and O–H groups in total. The molecule has 1 aliphatic heterocycles. The van der Waals surface area contributed by atoms with Crippen LogP contribution in [0.1, 0.15) is 38.2 Å². The van der Waals surface area contributed by atoms with E-state index < -0.39 is 11.9 Å². The van der Waals surface area contributed by atoms with Crippen LogP contribution in [0.15, 0.2) is 35.5 Å². The maximum Gasteiger partial charge on any atom is 0.336 e. The lowest BCUT2D eigenvalue weighted by Gasteiger charge is -2.27. The van der Waals surface area contributed by atoms with Crippen molar-refractivity contribution in [3.63, 3.8) is 0 Å². The number of allylic oxidation sites excluding steroid dienone is 1. The third-order valence-corrected chi connectivity index (χ3v) is 4.12. The van der Waals surface area contributed by atoms with Crippen molar-refractivity contribution < 1.29 is 19.1 Å². The number of amides is 1. The van der Waals surface area contributed by atoms with Crippen LogP contribution in [-0.4, -0.2) is 31.7 Å². The highest BCUT2D eigenvalue weighted by Gasteiger charge is 2.33. The maximum absolute atomic E-state index is 12.5. The van der Waals surface area contributed by atoms with Crippen LogP contribution in [0.5, 0.6) is 0 Å². The second kappa shape index (κ2) is 8.85. The lowest BCUT2D eigenvalue weighted by Crippen LogP contribution is -2.34. The number of carbonyl (C=O) groups is 2. The summed E-state index contributed by atoms with van der Waals surface area (Å²) in [6.45, 7) is 4.88. The number of carbonyl (C=O) groups excluding carboxylic acids is 2. The smallest absolute Gasteiger partial charge is 0.336 e. The lowest BCUT2D eigenvalue weighted by atomic mass is 9.84. The van der Waals surface area contributed by atoms with E-state index in [-0.39, 0.29) is 18.9 Å². The van der Waals surface area contributed by atoms with Crippen LogP contribution in [-0.2, 0) is 19.1 Å². The first-order chi connectivity index (χ1) is 11.5. The van der Waals surface area contributed by atoms with Gasteiger partial charge in [-0.2, -0.15) is 0 Å². The summed E-state index contributed by atoms with van der Waals surface area (Å²) in [6.07, 6.45) is 1.08. The maximum atomic E-state index is 12.5. The molecule has 0 radical (unpaired) electrons. The van der Waals surface area contributed by atoms with Gasteiger partial charge >= 0.3 is 5.97 Å². The molecule has 1 aromatic carbocycles. The molecule has 1 aromatic rings. The molecule has 0 saturated heterocycles. The molecule has 0 bridgehead atoms. The average Bonchev–Trinajstić information content (AvgIpc) is 2.54. The van der Waals surface area contributed by atoms with Gasteiger partial charge in [-0.3, -0.25) is 4.79 Å². The molecule has 0 saturated carbocycles. The fourth-order valence-electron chi connectivity index (χ4n) is 2.71. The summed E-state index contributed by atoms with van der Waals surface area (Å²) >= 11 is 6.26. The van der Waals surface area contributed by atoms with E-state index in [1.54, 1.807) is 13.0 Å². The van der Waals surface area contributed by atoms with E-state index in [9.17, 15) is 9.59 Å². The molecule has 6 heteroatoms.